The van der Waals surface area contributed by atoms with E-state index in [-0.39, 0.29) is 24.4 Å². The van der Waals surface area contributed by atoms with Crippen molar-refractivity contribution in [2.45, 2.75) is 19.0 Å². The molecule has 1 aromatic carbocycles. The molecule has 1 atom stereocenters. The van der Waals surface area contributed by atoms with Crippen molar-refractivity contribution in [2.75, 3.05) is 33.7 Å². The predicted molar refractivity (Wildman–Crippen MR) is 84.2 cm³/mol. The molecule has 0 radical (unpaired) electrons. The molecule has 5 heteroatoms. The van der Waals surface area contributed by atoms with E-state index in [9.17, 15) is 4.79 Å². The van der Waals surface area contributed by atoms with E-state index in [1.165, 1.54) is 5.56 Å². The maximum absolute atomic E-state index is 12.3. The largest absolute Gasteiger partial charge is 0.338 e. The molecule has 1 aliphatic heterocycles. The molecule has 0 spiro atoms. The van der Waals surface area contributed by atoms with Gasteiger partial charge in [-0.15, -0.1) is 12.4 Å². The monoisotopic (exact) mass is 297 g/mol. The number of halogens is 1. The molecular weight excluding hydrogens is 274 g/mol. The van der Waals surface area contributed by atoms with Crippen LogP contribution in [0, 0.1) is 0 Å². The summed E-state index contributed by atoms with van der Waals surface area (Å²) in [5.41, 5.74) is 1.17. The van der Waals surface area contributed by atoms with Crippen molar-refractivity contribution in [3.8, 4) is 0 Å². The van der Waals surface area contributed by atoms with Crippen LogP contribution in [0.2, 0.25) is 0 Å². The SMILES string of the molecule is CC(c1ccccc1)N(C)C(=O)CN(C)C1CNC1.Cl. The molecule has 112 valence electrons. The van der Waals surface area contributed by atoms with Crippen LogP contribution in [-0.2, 0) is 4.79 Å². The van der Waals surface area contributed by atoms with Crippen LogP contribution >= 0.6 is 12.4 Å². The van der Waals surface area contributed by atoms with Crippen molar-refractivity contribution in [3.63, 3.8) is 0 Å². The summed E-state index contributed by atoms with van der Waals surface area (Å²) in [6.45, 7) is 4.53. The van der Waals surface area contributed by atoms with E-state index >= 15 is 0 Å². The van der Waals surface area contributed by atoms with E-state index in [1.54, 1.807) is 0 Å². The summed E-state index contributed by atoms with van der Waals surface area (Å²) in [5, 5.41) is 3.23. The van der Waals surface area contributed by atoms with Crippen molar-refractivity contribution >= 4 is 18.3 Å². The van der Waals surface area contributed by atoms with Crippen molar-refractivity contribution in [2.24, 2.45) is 0 Å². The minimum atomic E-state index is 0. The molecule has 20 heavy (non-hydrogen) atoms. The lowest BCUT2D eigenvalue weighted by molar-refractivity contribution is -0.133. The number of hydrogen-bond donors (Lipinski definition) is 1. The van der Waals surface area contributed by atoms with Crippen LogP contribution in [0.1, 0.15) is 18.5 Å². The Morgan fingerprint density at radius 3 is 2.40 bits per heavy atom. The molecule has 0 aromatic heterocycles. The molecule has 1 unspecified atom stereocenters. The topological polar surface area (TPSA) is 35.6 Å². The van der Waals surface area contributed by atoms with Gasteiger partial charge >= 0.3 is 0 Å². The van der Waals surface area contributed by atoms with Gasteiger partial charge in [0.1, 0.15) is 0 Å². The van der Waals surface area contributed by atoms with Crippen LogP contribution in [0.3, 0.4) is 0 Å². The summed E-state index contributed by atoms with van der Waals surface area (Å²) in [4.78, 5) is 16.2. The van der Waals surface area contributed by atoms with Crippen molar-refractivity contribution in [1.29, 1.82) is 0 Å². The zero-order valence-electron chi connectivity index (χ0n) is 12.4. The lowest BCUT2D eigenvalue weighted by Gasteiger charge is -2.36. The van der Waals surface area contributed by atoms with Gasteiger partial charge in [-0.05, 0) is 19.5 Å². The molecule has 0 aliphatic carbocycles. The fraction of sp³-hybridized carbons (Fsp3) is 0.533. The second-order valence-corrected chi connectivity index (χ2v) is 5.32. The maximum atomic E-state index is 12.3. The highest BCUT2D eigenvalue weighted by molar-refractivity contribution is 5.85. The number of hydrogen-bond acceptors (Lipinski definition) is 3. The molecule has 1 amide bonds. The lowest BCUT2D eigenvalue weighted by atomic mass is 10.1. The van der Waals surface area contributed by atoms with Crippen molar-refractivity contribution < 1.29 is 4.79 Å². The van der Waals surface area contributed by atoms with Gasteiger partial charge in [0.05, 0.1) is 12.6 Å². The highest BCUT2D eigenvalue weighted by atomic mass is 35.5. The average molecular weight is 298 g/mol. The number of carbonyl (C=O) groups is 1. The second kappa shape index (κ2) is 7.62. The van der Waals surface area contributed by atoms with Crippen LogP contribution in [0.15, 0.2) is 30.3 Å². The van der Waals surface area contributed by atoms with Gasteiger partial charge in [-0.3, -0.25) is 9.69 Å². The summed E-state index contributed by atoms with van der Waals surface area (Å²) < 4.78 is 0. The van der Waals surface area contributed by atoms with Gasteiger partial charge in [-0.2, -0.15) is 0 Å². The fourth-order valence-electron chi connectivity index (χ4n) is 2.21. The zero-order valence-corrected chi connectivity index (χ0v) is 13.2. The quantitative estimate of drug-likeness (QED) is 0.895. The van der Waals surface area contributed by atoms with Gasteiger partial charge in [-0.1, -0.05) is 30.3 Å². The third-order valence-corrected chi connectivity index (χ3v) is 4.02. The van der Waals surface area contributed by atoms with Crippen LogP contribution < -0.4 is 5.32 Å². The average Bonchev–Trinajstić information content (AvgIpc) is 2.35. The van der Waals surface area contributed by atoms with E-state index in [0.29, 0.717) is 12.6 Å². The minimum absolute atomic E-state index is 0. The third-order valence-electron chi connectivity index (χ3n) is 4.02. The maximum Gasteiger partial charge on any atom is 0.236 e. The molecule has 1 N–H and O–H groups in total. The minimum Gasteiger partial charge on any atom is -0.338 e. The standard InChI is InChI=1S/C15H23N3O.ClH/c1-12(13-7-5-4-6-8-13)18(3)15(19)11-17(2)14-9-16-10-14;/h4-8,12,14,16H,9-11H2,1-3H3;1H. The van der Waals surface area contributed by atoms with Crippen LogP contribution in [0.5, 0.6) is 0 Å². The lowest BCUT2D eigenvalue weighted by Crippen LogP contribution is -2.57. The van der Waals surface area contributed by atoms with E-state index < -0.39 is 0 Å². The molecular formula is C15H24ClN3O. The fourth-order valence-corrected chi connectivity index (χ4v) is 2.21. The Morgan fingerprint density at radius 2 is 1.90 bits per heavy atom. The Bertz CT molecular complexity index is 422. The molecule has 1 aromatic rings. The summed E-state index contributed by atoms with van der Waals surface area (Å²) in [5.74, 6) is 0.172. The highest BCUT2D eigenvalue weighted by Crippen LogP contribution is 2.18. The number of likely N-dealkylation sites (N-methyl/N-ethyl adjacent to an activating group) is 2. The van der Waals surface area contributed by atoms with Crippen molar-refractivity contribution in [1.82, 2.24) is 15.1 Å². The van der Waals surface area contributed by atoms with E-state index in [2.05, 4.69) is 29.3 Å². The first-order chi connectivity index (χ1) is 9.09. The Kier molecular flexibility index (Phi) is 6.46. The molecule has 0 saturated carbocycles. The van der Waals surface area contributed by atoms with Crippen LogP contribution in [-0.4, -0.2) is 55.5 Å². The summed E-state index contributed by atoms with van der Waals surface area (Å²) in [6.07, 6.45) is 0. The molecule has 1 heterocycles. The molecule has 2 rings (SSSR count). The number of amides is 1. The van der Waals surface area contributed by atoms with Crippen LogP contribution in [0.4, 0.5) is 0 Å². The van der Waals surface area contributed by atoms with Gasteiger partial charge in [0.2, 0.25) is 5.91 Å². The zero-order chi connectivity index (χ0) is 13.8. The second-order valence-electron chi connectivity index (χ2n) is 5.32. The molecule has 1 saturated heterocycles. The first-order valence-electron chi connectivity index (χ1n) is 6.81. The van der Waals surface area contributed by atoms with Crippen molar-refractivity contribution in [3.05, 3.63) is 35.9 Å². The molecule has 1 aliphatic rings. The molecule has 0 bridgehead atoms. The Morgan fingerprint density at radius 1 is 1.30 bits per heavy atom. The third kappa shape index (κ3) is 3.95. The number of nitrogens with one attached hydrogen (secondary N) is 1. The first kappa shape index (κ1) is 17.0. The van der Waals surface area contributed by atoms with Gasteiger partial charge in [0, 0.05) is 26.2 Å². The Balaban J connectivity index is 0.00000200. The Labute approximate surface area is 127 Å². The van der Waals surface area contributed by atoms with E-state index in [1.807, 2.05) is 37.2 Å². The number of nitrogens with zero attached hydrogens (tertiary/aromatic N) is 2. The first-order valence-corrected chi connectivity index (χ1v) is 6.81. The number of carbonyl (C=O) groups excluding carboxylic acids is 1. The van der Waals surface area contributed by atoms with E-state index in [0.717, 1.165) is 13.1 Å². The molecule has 4 nitrogen and oxygen atoms in total. The summed E-state index contributed by atoms with van der Waals surface area (Å²) >= 11 is 0. The van der Waals surface area contributed by atoms with Gasteiger partial charge < -0.3 is 10.2 Å². The number of benzene rings is 1. The summed E-state index contributed by atoms with van der Waals surface area (Å²) in [6, 6.07) is 10.8. The predicted octanol–water partition coefficient (Wildman–Crippen LogP) is 1.53. The molecule has 1 fully saturated rings. The number of rotatable bonds is 5. The van der Waals surface area contributed by atoms with Gasteiger partial charge in [0.15, 0.2) is 0 Å². The highest BCUT2D eigenvalue weighted by Gasteiger charge is 2.25. The van der Waals surface area contributed by atoms with Gasteiger partial charge in [0.25, 0.3) is 0 Å². The van der Waals surface area contributed by atoms with Gasteiger partial charge in [-0.25, -0.2) is 0 Å². The normalized spacial score (nSPS) is 16.2. The van der Waals surface area contributed by atoms with E-state index in [4.69, 9.17) is 0 Å². The Hall–Kier alpha value is -1.10. The summed E-state index contributed by atoms with van der Waals surface area (Å²) in [7, 11) is 3.90. The smallest absolute Gasteiger partial charge is 0.236 e. The van der Waals surface area contributed by atoms with Crippen LogP contribution in [0.25, 0.3) is 0 Å².